The highest BCUT2D eigenvalue weighted by Gasteiger charge is 2.23. The number of carbonyl (C=O) groups is 2. The second-order valence-electron chi connectivity index (χ2n) is 8.68. The van der Waals surface area contributed by atoms with Crippen molar-refractivity contribution in [1.82, 2.24) is 4.90 Å². The third-order valence-corrected chi connectivity index (χ3v) is 6.37. The zero-order valence-corrected chi connectivity index (χ0v) is 20.0. The number of carbonyl (C=O) groups excluding carboxylic acids is 2. The van der Waals surface area contributed by atoms with Crippen LogP contribution in [0, 0.1) is 20.8 Å². The fraction of sp³-hybridized carbons (Fsp3) is 0.286. The van der Waals surface area contributed by atoms with Crippen molar-refractivity contribution < 1.29 is 14.3 Å². The summed E-state index contributed by atoms with van der Waals surface area (Å²) in [4.78, 5) is 29.4. The lowest BCUT2D eigenvalue weighted by Gasteiger charge is -2.36. The number of amides is 2. The molecule has 6 nitrogen and oxygen atoms in total. The molecule has 1 heterocycles. The molecule has 0 radical (unpaired) electrons. The summed E-state index contributed by atoms with van der Waals surface area (Å²) in [6.45, 7) is 8.84. The minimum absolute atomic E-state index is 0.0388. The van der Waals surface area contributed by atoms with Gasteiger partial charge in [-0.1, -0.05) is 30.3 Å². The Morgan fingerprint density at radius 2 is 1.50 bits per heavy atom. The van der Waals surface area contributed by atoms with Gasteiger partial charge >= 0.3 is 0 Å². The van der Waals surface area contributed by atoms with E-state index in [9.17, 15) is 9.59 Å². The van der Waals surface area contributed by atoms with E-state index in [4.69, 9.17) is 4.74 Å². The highest BCUT2D eigenvalue weighted by molar-refractivity contribution is 5.95. The molecule has 1 aliphatic rings. The molecule has 0 bridgehead atoms. The summed E-state index contributed by atoms with van der Waals surface area (Å²) < 4.78 is 5.69. The Morgan fingerprint density at radius 3 is 2.21 bits per heavy atom. The molecule has 0 unspecified atom stereocenters. The maximum atomic E-state index is 12.8. The lowest BCUT2D eigenvalue weighted by atomic mass is 10.1. The maximum Gasteiger partial charge on any atom is 0.262 e. The van der Waals surface area contributed by atoms with Crippen LogP contribution in [0.1, 0.15) is 27.0 Å². The van der Waals surface area contributed by atoms with Crippen LogP contribution in [0.3, 0.4) is 0 Å². The number of benzene rings is 3. The van der Waals surface area contributed by atoms with Crippen molar-refractivity contribution in [2.24, 2.45) is 0 Å². The van der Waals surface area contributed by atoms with Crippen molar-refractivity contribution in [3.63, 3.8) is 0 Å². The van der Waals surface area contributed by atoms with Gasteiger partial charge < -0.3 is 19.9 Å². The van der Waals surface area contributed by atoms with Gasteiger partial charge in [-0.2, -0.15) is 0 Å². The normalized spacial score (nSPS) is 13.5. The van der Waals surface area contributed by atoms with E-state index >= 15 is 0 Å². The number of hydrogen-bond acceptors (Lipinski definition) is 4. The summed E-state index contributed by atoms with van der Waals surface area (Å²) in [6, 6.07) is 21.3. The SMILES string of the molecule is Cc1ccccc1C(=O)N1CCN(c2ccc(NC(=O)COc3cccc(C)c3C)cc2)CC1. The summed E-state index contributed by atoms with van der Waals surface area (Å²) in [5.41, 5.74) is 5.76. The number of aryl methyl sites for hydroxylation is 2. The lowest BCUT2D eigenvalue weighted by molar-refractivity contribution is -0.118. The van der Waals surface area contributed by atoms with Crippen LogP contribution >= 0.6 is 0 Å². The molecule has 2 amide bonds. The van der Waals surface area contributed by atoms with Gasteiger partial charge in [0.25, 0.3) is 11.8 Å². The van der Waals surface area contributed by atoms with Crippen LogP contribution in [0.25, 0.3) is 0 Å². The molecule has 1 N–H and O–H groups in total. The third-order valence-electron chi connectivity index (χ3n) is 6.37. The molecule has 6 heteroatoms. The topological polar surface area (TPSA) is 61.9 Å². The Bertz CT molecular complexity index is 1170. The van der Waals surface area contributed by atoms with Crippen LogP contribution in [0.2, 0.25) is 0 Å². The average Bonchev–Trinajstić information content (AvgIpc) is 2.85. The fourth-order valence-electron chi connectivity index (χ4n) is 4.13. The Kier molecular flexibility index (Phi) is 7.16. The highest BCUT2D eigenvalue weighted by atomic mass is 16.5. The van der Waals surface area contributed by atoms with E-state index in [0.29, 0.717) is 13.1 Å². The Morgan fingerprint density at radius 1 is 0.824 bits per heavy atom. The summed E-state index contributed by atoms with van der Waals surface area (Å²) in [5.74, 6) is 0.626. The van der Waals surface area contributed by atoms with Crippen molar-refractivity contribution in [3.8, 4) is 5.75 Å². The standard InChI is InChI=1S/C28H31N3O3/c1-20-8-6-10-26(22(20)3)34-19-27(32)29-23-11-13-24(14-12-23)30-15-17-31(18-16-30)28(33)25-9-5-4-7-21(25)2/h4-14H,15-19H2,1-3H3,(H,29,32). The van der Waals surface area contributed by atoms with Gasteiger partial charge in [-0.05, 0) is 73.9 Å². The van der Waals surface area contributed by atoms with Gasteiger partial charge in [-0.3, -0.25) is 9.59 Å². The Balaban J connectivity index is 1.27. The quantitative estimate of drug-likeness (QED) is 0.588. The van der Waals surface area contributed by atoms with E-state index in [-0.39, 0.29) is 18.4 Å². The Labute approximate surface area is 201 Å². The molecule has 1 aliphatic heterocycles. The number of hydrogen-bond donors (Lipinski definition) is 1. The first-order chi connectivity index (χ1) is 16.4. The minimum atomic E-state index is -0.197. The summed E-state index contributed by atoms with van der Waals surface area (Å²) in [6.07, 6.45) is 0. The molecule has 0 aromatic heterocycles. The van der Waals surface area contributed by atoms with E-state index in [2.05, 4.69) is 10.2 Å². The van der Waals surface area contributed by atoms with Gasteiger partial charge in [0, 0.05) is 43.1 Å². The molecule has 0 saturated carbocycles. The molecule has 176 valence electrons. The number of piperazine rings is 1. The van der Waals surface area contributed by atoms with E-state index in [1.165, 1.54) is 0 Å². The number of anilines is 2. The van der Waals surface area contributed by atoms with E-state index in [1.54, 1.807) is 0 Å². The Hall–Kier alpha value is -3.80. The van der Waals surface area contributed by atoms with E-state index < -0.39 is 0 Å². The molecule has 34 heavy (non-hydrogen) atoms. The van der Waals surface area contributed by atoms with Crippen LogP contribution in [-0.4, -0.2) is 49.5 Å². The predicted octanol–water partition coefficient (Wildman–Crippen LogP) is 4.59. The van der Waals surface area contributed by atoms with Crippen molar-refractivity contribution in [1.29, 1.82) is 0 Å². The van der Waals surface area contributed by atoms with Crippen molar-refractivity contribution >= 4 is 23.2 Å². The zero-order chi connectivity index (χ0) is 24.1. The second-order valence-corrected chi connectivity index (χ2v) is 8.68. The predicted molar refractivity (Wildman–Crippen MR) is 136 cm³/mol. The minimum Gasteiger partial charge on any atom is -0.483 e. The van der Waals surface area contributed by atoms with Crippen LogP contribution in [0.15, 0.2) is 66.7 Å². The van der Waals surface area contributed by atoms with Crippen molar-refractivity contribution in [2.45, 2.75) is 20.8 Å². The van der Waals surface area contributed by atoms with E-state index in [0.717, 1.165) is 52.5 Å². The molecule has 1 fully saturated rings. The van der Waals surface area contributed by atoms with Gasteiger partial charge in [0.15, 0.2) is 6.61 Å². The molecule has 0 aliphatic carbocycles. The van der Waals surface area contributed by atoms with Gasteiger partial charge in [0.2, 0.25) is 0 Å². The van der Waals surface area contributed by atoms with Crippen LogP contribution in [-0.2, 0) is 4.79 Å². The first-order valence-corrected chi connectivity index (χ1v) is 11.6. The first kappa shape index (κ1) is 23.4. The molecular formula is C28H31N3O3. The van der Waals surface area contributed by atoms with Gasteiger partial charge in [0.1, 0.15) is 5.75 Å². The number of nitrogens with one attached hydrogen (secondary N) is 1. The van der Waals surface area contributed by atoms with Crippen LogP contribution < -0.4 is 15.0 Å². The average molecular weight is 458 g/mol. The first-order valence-electron chi connectivity index (χ1n) is 11.6. The van der Waals surface area contributed by atoms with Crippen LogP contribution in [0.5, 0.6) is 5.75 Å². The van der Waals surface area contributed by atoms with Gasteiger partial charge in [-0.25, -0.2) is 0 Å². The van der Waals surface area contributed by atoms with Gasteiger partial charge in [0.05, 0.1) is 0 Å². The highest BCUT2D eigenvalue weighted by Crippen LogP contribution is 2.22. The smallest absolute Gasteiger partial charge is 0.262 e. The zero-order valence-electron chi connectivity index (χ0n) is 20.0. The fourth-order valence-corrected chi connectivity index (χ4v) is 4.13. The largest absolute Gasteiger partial charge is 0.483 e. The molecule has 0 spiro atoms. The lowest BCUT2D eigenvalue weighted by Crippen LogP contribution is -2.48. The molecule has 1 saturated heterocycles. The molecular weight excluding hydrogens is 426 g/mol. The van der Waals surface area contributed by atoms with Crippen LogP contribution in [0.4, 0.5) is 11.4 Å². The summed E-state index contributed by atoms with van der Waals surface area (Å²) in [7, 11) is 0. The maximum absolute atomic E-state index is 12.8. The molecule has 0 atom stereocenters. The van der Waals surface area contributed by atoms with E-state index in [1.807, 2.05) is 92.4 Å². The monoisotopic (exact) mass is 457 g/mol. The summed E-state index contributed by atoms with van der Waals surface area (Å²) in [5, 5.41) is 2.89. The van der Waals surface area contributed by atoms with Crippen molar-refractivity contribution in [2.75, 3.05) is 43.0 Å². The summed E-state index contributed by atoms with van der Waals surface area (Å²) >= 11 is 0. The second kappa shape index (κ2) is 10.4. The molecule has 4 rings (SSSR count). The van der Waals surface area contributed by atoms with Gasteiger partial charge in [-0.15, -0.1) is 0 Å². The number of rotatable bonds is 6. The van der Waals surface area contributed by atoms with Crippen molar-refractivity contribution in [3.05, 3.63) is 89.0 Å². The number of ether oxygens (including phenoxy) is 1. The third kappa shape index (κ3) is 5.39. The molecule has 3 aromatic carbocycles. The number of nitrogens with zero attached hydrogens (tertiary/aromatic N) is 2. The molecule has 3 aromatic rings.